The van der Waals surface area contributed by atoms with Crippen LogP contribution in [0.15, 0.2) is 33.8 Å². The summed E-state index contributed by atoms with van der Waals surface area (Å²) in [4.78, 5) is 0. The summed E-state index contributed by atoms with van der Waals surface area (Å²) < 4.78 is 43.7. The van der Waals surface area contributed by atoms with Crippen molar-refractivity contribution >= 4 is 16.7 Å². The van der Waals surface area contributed by atoms with Gasteiger partial charge in [-0.15, -0.1) is 5.10 Å². The Labute approximate surface area is 98.8 Å². The van der Waals surface area contributed by atoms with E-state index in [4.69, 9.17) is 16.1 Å². The fraction of sp³-hybridized carbons (Fsp3) is 0.100. The maximum Gasteiger partial charge on any atom is 0.417 e. The summed E-state index contributed by atoms with van der Waals surface area (Å²) in [6.07, 6.45) is -4.52. The molecule has 96 valence electrons. The number of nitrogens with two attached hydrogens (primary N) is 2. The second-order valence-electron chi connectivity index (χ2n) is 3.48. The third-order valence-electron chi connectivity index (χ3n) is 2.35. The van der Waals surface area contributed by atoms with Crippen LogP contribution in [-0.2, 0) is 6.18 Å². The monoisotopic (exact) mass is 258 g/mol. The molecule has 1 aromatic heterocycles. The second kappa shape index (κ2) is 4.22. The average Bonchev–Trinajstić information content (AvgIpc) is 2.35. The summed E-state index contributed by atoms with van der Waals surface area (Å²) in [6, 6.07) is 4.75. The molecule has 5 nitrogen and oxygen atoms in total. The molecule has 0 amide bonds. The summed E-state index contributed by atoms with van der Waals surface area (Å²) in [6.45, 7) is 0. The highest BCUT2D eigenvalue weighted by Gasteiger charge is 2.33. The predicted molar refractivity (Wildman–Crippen MR) is 58.8 cm³/mol. The Morgan fingerprint density at radius 1 is 1.22 bits per heavy atom. The molecule has 0 spiro atoms. The SMILES string of the molecule is NN=c1cc(C(F)(F)F)c2ccc(NN)cc2o1. The van der Waals surface area contributed by atoms with Crippen LogP contribution in [0.5, 0.6) is 0 Å². The predicted octanol–water partition coefficient (Wildman–Crippen LogP) is 1.51. The van der Waals surface area contributed by atoms with E-state index in [1.807, 2.05) is 0 Å². The first kappa shape index (κ1) is 12.2. The molecule has 18 heavy (non-hydrogen) atoms. The third kappa shape index (κ3) is 2.09. The van der Waals surface area contributed by atoms with Gasteiger partial charge in [-0.1, -0.05) is 0 Å². The Morgan fingerprint density at radius 2 is 1.94 bits per heavy atom. The summed E-state index contributed by atoms with van der Waals surface area (Å²) in [7, 11) is 0. The molecule has 0 atom stereocenters. The molecule has 0 bridgehead atoms. The van der Waals surface area contributed by atoms with Gasteiger partial charge in [-0.05, 0) is 12.1 Å². The number of hydrogen-bond donors (Lipinski definition) is 3. The van der Waals surface area contributed by atoms with Gasteiger partial charge in [0.25, 0.3) is 0 Å². The van der Waals surface area contributed by atoms with E-state index in [1.54, 1.807) is 0 Å². The van der Waals surface area contributed by atoms with Crippen LogP contribution in [0.25, 0.3) is 11.0 Å². The lowest BCUT2D eigenvalue weighted by atomic mass is 10.1. The Bertz CT molecular complexity index is 648. The van der Waals surface area contributed by atoms with E-state index < -0.39 is 11.7 Å². The number of fused-ring (bicyclic) bond motifs is 1. The fourth-order valence-corrected chi connectivity index (χ4v) is 1.56. The van der Waals surface area contributed by atoms with E-state index in [2.05, 4.69) is 10.5 Å². The molecule has 5 N–H and O–H groups in total. The molecule has 2 aromatic rings. The van der Waals surface area contributed by atoms with Gasteiger partial charge in [0.1, 0.15) is 5.58 Å². The second-order valence-corrected chi connectivity index (χ2v) is 3.48. The molecular formula is C10H9F3N4O. The number of anilines is 1. The van der Waals surface area contributed by atoms with E-state index in [0.29, 0.717) is 5.69 Å². The van der Waals surface area contributed by atoms with Gasteiger partial charge in [-0.25, -0.2) is 0 Å². The van der Waals surface area contributed by atoms with Crippen molar-refractivity contribution < 1.29 is 17.6 Å². The van der Waals surface area contributed by atoms with Crippen molar-refractivity contribution in [2.24, 2.45) is 16.8 Å². The lowest BCUT2D eigenvalue weighted by molar-refractivity contribution is -0.136. The van der Waals surface area contributed by atoms with Gasteiger partial charge in [0.2, 0.25) is 5.55 Å². The largest absolute Gasteiger partial charge is 0.437 e. The smallest absolute Gasteiger partial charge is 0.417 e. The zero-order valence-corrected chi connectivity index (χ0v) is 8.95. The standard InChI is InChI=1S/C10H9F3N4O/c11-10(12,13)7-4-9(17-15)18-8-3-5(16-14)1-2-6(7)8/h1-4,16H,14-15H2. The molecule has 0 aliphatic carbocycles. The van der Waals surface area contributed by atoms with E-state index in [1.165, 1.54) is 18.2 Å². The van der Waals surface area contributed by atoms with E-state index in [9.17, 15) is 13.2 Å². The van der Waals surface area contributed by atoms with Gasteiger partial charge < -0.3 is 15.7 Å². The molecule has 8 heteroatoms. The van der Waals surface area contributed by atoms with Crippen molar-refractivity contribution in [3.8, 4) is 0 Å². The quantitative estimate of drug-likeness (QED) is 0.534. The Morgan fingerprint density at radius 3 is 2.50 bits per heavy atom. The zero-order valence-electron chi connectivity index (χ0n) is 8.95. The minimum absolute atomic E-state index is 0.00975. The molecule has 0 fully saturated rings. The van der Waals surface area contributed by atoms with Crippen molar-refractivity contribution in [2.75, 3.05) is 5.43 Å². The van der Waals surface area contributed by atoms with Crippen molar-refractivity contribution in [1.29, 1.82) is 0 Å². The van der Waals surface area contributed by atoms with E-state index >= 15 is 0 Å². The van der Waals surface area contributed by atoms with Crippen LogP contribution in [0.4, 0.5) is 18.9 Å². The minimum atomic E-state index is -4.52. The number of alkyl halides is 3. The molecular weight excluding hydrogens is 249 g/mol. The van der Waals surface area contributed by atoms with Crippen LogP contribution < -0.4 is 22.7 Å². The number of hydrogen-bond acceptors (Lipinski definition) is 5. The number of nitrogens with zero attached hydrogens (tertiary/aromatic N) is 1. The summed E-state index contributed by atoms with van der Waals surface area (Å²) in [5, 5.41) is 3.04. The van der Waals surface area contributed by atoms with Crippen LogP contribution in [0.1, 0.15) is 5.56 Å². The van der Waals surface area contributed by atoms with Crippen molar-refractivity contribution in [3.63, 3.8) is 0 Å². The molecule has 0 radical (unpaired) electrons. The Kier molecular flexibility index (Phi) is 2.87. The molecule has 0 saturated carbocycles. The Hall–Kier alpha value is -2.22. The summed E-state index contributed by atoms with van der Waals surface area (Å²) in [5.74, 6) is 10.1. The zero-order chi connectivity index (χ0) is 13.3. The molecule has 1 aromatic carbocycles. The molecule has 1 heterocycles. The number of hydrazine groups is 1. The van der Waals surface area contributed by atoms with Gasteiger partial charge in [0, 0.05) is 17.5 Å². The maximum atomic E-state index is 12.9. The highest BCUT2D eigenvalue weighted by Crippen LogP contribution is 2.34. The molecule has 0 aliphatic heterocycles. The van der Waals surface area contributed by atoms with Gasteiger partial charge >= 0.3 is 6.18 Å². The van der Waals surface area contributed by atoms with Gasteiger partial charge in [-0.2, -0.15) is 13.2 Å². The average molecular weight is 258 g/mol. The molecule has 0 unspecified atom stereocenters. The number of halogens is 3. The van der Waals surface area contributed by atoms with Crippen LogP contribution in [0, 0.1) is 0 Å². The number of nitrogens with one attached hydrogen (secondary N) is 1. The highest BCUT2D eigenvalue weighted by molar-refractivity contribution is 5.83. The third-order valence-corrected chi connectivity index (χ3v) is 2.35. The number of rotatable bonds is 1. The first-order valence-electron chi connectivity index (χ1n) is 4.81. The fourth-order valence-electron chi connectivity index (χ4n) is 1.56. The topological polar surface area (TPSA) is 89.6 Å². The Balaban J connectivity index is 2.85. The van der Waals surface area contributed by atoms with Crippen LogP contribution >= 0.6 is 0 Å². The van der Waals surface area contributed by atoms with Crippen molar-refractivity contribution in [2.45, 2.75) is 6.18 Å². The van der Waals surface area contributed by atoms with Crippen molar-refractivity contribution in [3.05, 3.63) is 35.4 Å². The number of nitrogen functional groups attached to an aromatic ring is 1. The number of benzene rings is 1. The van der Waals surface area contributed by atoms with Crippen LogP contribution in [-0.4, -0.2) is 0 Å². The van der Waals surface area contributed by atoms with Gasteiger partial charge in [0.15, 0.2) is 0 Å². The summed E-state index contributed by atoms with van der Waals surface area (Å²) >= 11 is 0. The minimum Gasteiger partial charge on any atom is -0.437 e. The van der Waals surface area contributed by atoms with Crippen LogP contribution in [0.3, 0.4) is 0 Å². The first-order valence-corrected chi connectivity index (χ1v) is 4.81. The maximum absolute atomic E-state index is 12.9. The lowest BCUT2D eigenvalue weighted by Crippen LogP contribution is -2.13. The molecule has 0 aliphatic rings. The van der Waals surface area contributed by atoms with Gasteiger partial charge in [-0.3, -0.25) is 5.84 Å². The molecule has 0 saturated heterocycles. The van der Waals surface area contributed by atoms with Crippen LogP contribution in [0.2, 0.25) is 0 Å². The van der Waals surface area contributed by atoms with Crippen molar-refractivity contribution in [1.82, 2.24) is 0 Å². The summed E-state index contributed by atoms with van der Waals surface area (Å²) in [5.41, 5.74) is 1.53. The van der Waals surface area contributed by atoms with Gasteiger partial charge in [0.05, 0.1) is 11.3 Å². The first-order chi connectivity index (χ1) is 8.45. The normalized spacial score (nSPS) is 13.0. The lowest BCUT2D eigenvalue weighted by Gasteiger charge is -2.10. The van der Waals surface area contributed by atoms with E-state index in [0.717, 1.165) is 6.07 Å². The van der Waals surface area contributed by atoms with E-state index in [-0.39, 0.29) is 16.5 Å². The highest BCUT2D eigenvalue weighted by atomic mass is 19.4. The molecule has 2 rings (SSSR count).